The quantitative estimate of drug-likeness (QED) is 0.624. The molecule has 5 nitrogen and oxygen atoms in total. The van der Waals surface area contributed by atoms with Crippen molar-refractivity contribution in [3.63, 3.8) is 0 Å². The Bertz CT molecular complexity index is 885. The fraction of sp³-hybridized carbons (Fsp3) is 0.167. The molecule has 0 aliphatic carbocycles. The van der Waals surface area contributed by atoms with Crippen LogP contribution in [0.5, 0.6) is 0 Å². The van der Waals surface area contributed by atoms with E-state index in [0.29, 0.717) is 13.1 Å². The second kappa shape index (κ2) is 8.59. The smallest absolute Gasteiger partial charge is 0.241 e. The van der Waals surface area contributed by atoms with Crippen LogP contribution in [0.15, 0.2) is 70.3 Å². The van der Waals surface area contributed by atoms with Gasteiger partial charge >= 0.3 is 0 Å². The highest BCUT2D eigenvalue weighted by Gasteiger charge is 2.20. The van der Waals surface area contributed by atoms with E-state index in [0.717, 1.165) is 9.75 Å². The Kier molecular flexibility index (Phi) is 6.20. The molecule has 0 atom stereocenters. The van der Waals surface area contributed by atoms with Crippen LogP contribution in [0, 0.1) is 0 Å². The molecule has 1 amide bonds. The van der Waals surface area contributed by atoms with Crippen molar-refractivity contribution in [3.8, 4) is 0 Å². The summed E-state index contributed by atoms with van der Waals surface area (Å²) in [5, 5.41) is 3.92. The maximum atomic E-state index is 12.7. The van der Waals surface area contributed by atoms with Crippen LogP contribution >= 0.6 is 22.7 Å². The number of nitrogens with zero attached hydrogens (tertiary/aromatic N) is 1. The summed E-state index contributed by atoms with van der Waals surface area (Å²) in [4.78, 5) is 16.6. The third-order valence-electron chi connectivity index (χ3n) is 3.67. The Balaban J connectivity index is 1.68. The summed E-state index contributed by atoms with van der Waals surface area (Å²) >= 11 is 3.15. The van der Waals surface area contributed by atoms with Crippen molar-refractivity contribution in [3.05, 3.63) is 75.1 Å². The van der Waals surface area contributed by atoms with Crippen LogP contribution in [-0.4, -0.2) is 25.8 Å². The van der Waals surface area contributed by atoms with Crippen molar-refractivity contribution in [1.29, 1.82) is 0 Å². The van der Waals surface area contributed by atoms with Crippen LogP contribution in [0.1, 0.15) is 9.75 Å². The molecule has 0 fully saturated rings. The van der Waals surface area contributed by atoms with Gasteiger partial charge in [0, 0.05) is 9.75 Å². The fourth-order valence-electron chi connectivity index (χ4n) is 2.37. The van der Waals surface area contributed by atoms with Crippen molar-refractivity contribution in [2.75, 3.05) is 6.54 Å². The van der Waals surface area contributed by atoms with Crippen LogP contribution in [0.4, 0.5) is 0 Å². The van der Waals surface area contributed by atoms with Gasteiger partial charge in [-0.25, -0.2) is 13.1 Å². The molecule has 2 heterocycles. The van der Waals surface area contributed by atoms with Crippen LogP contribution < -0.4 is 4.72 Å². The van der Waals surface area contributed by atoms with E-state index in [4.69, 9.17) is 0 Å². The summed E-state index contributed by atoms with van der Waals surface area (Å²) in [6.45, 7) is 0.650. The number of carbonyl (C=O) groups excluding carboxylic acids is 1. The second-order valence-electron chi connectivity index (χ2n) is 5.55. The molecule has 8 heteroatoms. The number of carbonyl (C=O) groups is 1. The lowest BCUT2D eigenvalue weighted by Crippen LogP contribution is -2.39. The highest BCUT2D eigenvalue weighted by atomic mass is 32.2. The Morgan fingerprint density at radius 3 is 1.96 bits per heavy atom. The number of thiophene rings is 2. The first-order valence-electron chi connectivity index (χ1n) is 7.92. The fourth-order valence-corrected chi connectivity index (χ4v) is 4.80. The molecule has 1 aromatic carbocycles. The van der Waals surface area contributed by atoms with E-state index in [1.54, 1.807) is 45.8 Å². The Hall–Kier alpha value is -2.00. The summed E-state index contributed by atoms with van der Waals surface area (Å²) in [7, 11) is -3.71. The van der Waals surface area contributed by atoms with Gasteiger partial charge in [0.1, 0.15) is 0 Å². The van der Waals surface area contributed by atoms with Crippen molar-refractivity contribution < 1.29 is 13.2 Å². The normalized spacial score (nSPS) is 11.4. The molecule has 3 aromatic rings. The van der Waals surface area contributed by atoms with Crippen molar-refractivity contribution in [2.45, 2.75) is 18.0 Å². The van der Waals surface area contributed by atoms with Crippen LogP contribution in [0.25, 0.3) is 0 Å². The SMILES string of the molecule is O=C(CNS(=O)(=O)c1ccccc1)N(Cc1cccs1)Cc1cccs1. The zero-order chi connectivity index (χ0) is 18.4. The molecule has 3 rings (SSSR count). The number of rotatable bonds is 8. The molecule has 1 N–H and O–H groups in total. The minimum absolute atomic E-state index is 0.149. The van der Waals surface area contributed by atoms with E-state index in [1.807, 2.05) is 35.0 Å². The van der Waals surface area contributed by atoms with Gasteiger partial charge in [-0.2, -0.15) is 0 Å². The average Bonchev–Trinajstić information content (AvgIpc) is 3.34. The molecular weight excluding hydrogens is 388 g/mol. The van der Waals surface area contributed by atoms with E-state index in [9.17, 15) is 13.2 Å². The minimum Gasteiger partial charge on any atom is -0.331 e. The molecule has 0 radical (unpaired) electrons. The maximum Gasteiger partial charge on any atom is 0.241 e. The number of amides is 1. The van der Waals surface area contributed by atoms with Gasteiger partial charge in [0.05, 0.1) is 24.5 Å². The monoisotopic (exact) mass is 406 g/mol. The Morgan fingerprint density at radius 2 is 1.46 bits per heavy atom. The van der Waals surface area contributed by atoms with Gasteiger partial charge in [0.25, 0.3) is 0 Å². The van der Waals surface area contributed by atoms with Gasteiger partial charge in [-0.05, 0) is 35.0 Å². The third kappa shape index (κ3) is 5.01. The third-order valence-corrected chi connectivity index (χ3v) is 6.81. The predicted octanol–water partition coefficient (Wildman–Crippen LogP) is 3.32. The lowest BCUT2D eigenvalue weighted by molar-refractivity contribution is -0.131. The second-order valence-corrected chi connectivity index (χ2v) is 9.38. The van der Waals surface area contributed by atoms with Crippen LogP contribution in [0.2, 0.25) is 0 Å². The molecule has 0 bridgehead atoms. The molecule has 26 heavy (non-hydrogen) atoms. The van der Waals surface area contributed by atoms with Gasteiger partial charge in [0.2, 0.25) is 15.9 Å². The van der Waals surface area contributed by atoms with Crippen LogP contribution in [-0.2, 0) is 27.9 Å². The first-order valence-corrected chi connectivity index (χ1v) is 11.2. The lowest BCUT2D eigenvalue weighted by atomic mass is 10.3. The topological polar surface area (TPSA) is 66.5 Å². The number of hydrogen-bond acceptors (Lipinski definition) is 5. The standard InChI is InChI=1S/C18H18N2O3S3/c21-18(12-19-26(22,23)17-8-2-1-3-9-17)20(13-15-6-4-10-24-15)14-16-7-5-11-25-16/h1-11,19H,12-14H2. The van der Waals surface area contributed by atoms with E-state index in [-0.39, 0.29) is 17.3 Å². The molecule has 0 spiro atoms. The van der Waals surface area contributed by atoms with Gasteiger partial charge in [-0.1, -0.05) is 30.3 Å². The zero-order valence-electron chi connectivity index (χ0n) is 13.9. The Morgan fingerprint density at radius 1 is 0.885 bits per heavy atom. The predicted molar refractivity (Wildman–Crippen MR) is 105 cm³/mol. The number of sulfonamides is 1. The number of hydrogen-bond donors (Lipinski definition) is 1. The largest absolute Gasteiger partial charge is 0.331 e. The average molecular weight is 407 g/mol. The van der Waals surface area contributed by atoms with Gasteiger partial charge in [-0.15, -0.1) is 22.7 Å². The summed E-state index contributed by atoms with van der Waals surface area (Å²) in [5.41, 5.74) is 0. The molecule has 0 saturated carbocycles. The number of nitrogens with one attached hydrogen (secondary N) is 1. The minimum atomic E-state index is -3.71. The summed E-state index contributed by atoms with van der Waals surface area (Å²) in [6.07, 6.45) is 0. The molecular formula is C18H18N2O3S3. The van der Waals surface area contributed by atoms with E-state index in [2.05, 4.69) is 4.72 Å². The summed E-state index contributed by atoms with van der Waals surface area (Å²) in [6, 6.07) is 15.9. The zero-order valence-corrected chi connectivity index (χ0v) is 16.3. The van der Waals surface area contributed by atoms with Gasteiger partial charge in [-0.3, -0.25) is 4.79 Å². The van der Waals surface area contributed by atoms with Gasteiger partial charge < -0.3 is 4.90 Å². The first-order chi connectivity index (χ1) is 12.5. The summed E-state index contributed by atoms with van der Waals surface area (Å²) in [5.74, 6) is -0.258. The molecule has 0 aliphatic heterocycles. The molecule has 2 aromatic heterocycles. The number of benzene rings is 1. The van der Waals surface area contributed by atoms with E-state index >= 15 is 0 Å². The lowest BCUT2D eigenvalue weighted by Gasteiger charge is -2.22. The maximum absolute atomic E-state index is 12.7. The van der Waals surface area contributed by atoms with E-state index in [1.165, 1.54) is 12.1 Å². The highest BCUT2D eigenvalue weighted by molar-refractivity contribution is 7.89. The Labute approximate surface area is 161 Å². The highest BCUT2D eigenvalue weighted by Crippen LogP contribution is 2.17. The van der Waals surface area contributed by atoms with Gasteiger partial charge in [0.15, 0.2) is 0 Å². The molecule has 0 unspecified atom stereocenters. The van der Waals surface area contributed by atoms with Crippen molar-refractivity contribution in [1.82, 2.24) is 9.62 Å². The molecule has 136 valence electrons. The first kappa shape index (κ1) is 18.8. The van der Waals surface area contributed by atoms with Crippen LogP contribution in [0.3, 0.4) is 0 Å². The van der Waals surface area contributed by atoms with E-state index < -0.39 is 10.0 Å². The van der Waals surface area contributed by atoms with Crippen molar-refractivity contribution >= 4 is 38.6 Å². The summed E-state index contributed by atoms with van der Waals surface area (Å²) < 4.78 is 27.0. The van der Waals surface area contributed by atoms with Crippen molar-refractivity contribution in [2.24, 2.45) is 0 Å². The molecule has 0 saturated heterocycles. The molecule has 0 aliphatic rings.